The van der Waals surface area contributed by atoms with Crippen LogP contribution >= 0.6 is 0 Å². The van der Waals surface area contributed by atoms with Crippen molar-refractivity contribution < 1.29 is 4.79 Å². The normalized spacial score (nSPS) is 11.0. The van der Waals surface area contributed by atoms with Gasteiger partial charge in [0.15, 0.2) is 0 Å². The summed E-state index contributed by atoms with van der Waals surface area (Å²) in [5, 5.41) is 2.78. The van der Waals surface area contributed by atoms with Gasteiger partial charge < -0.3 is 5.32 Å². The fraction of sp³-hybridized carbons (Fsp3) is 0.0800. The number of nitrogens with one attached hydrogen (secondary N) is 1. The third kappa shape index (κ3) is 4.23. The number of hydrogen-bond acceptors (Lipinski definition) is 3. The Labute approximate surface area is 180 Å². The number of nitrogens with zero attached hydrogens (tertiary/aromatic N) is 3. The second-order valence-electron chi connectivity index (χ2n) is 7.11. The molecular weight excluding hydrogens is 388 g/mol. The molecule has 4 aromatic rings. The summed E-state index contributed by atoms with van der Waals surface area (Å²) in [7, 11) is 1.79. The van der Waals surface area contributed by atoms with Crippen LogP contribution in [0.4, 0.5) is 11.4 Å². The third-order valence-corrected chi connectivity index (χ3v) is 5.06. The van der Waals surface area contributed by atoms with E-state index in [1.807, 2.05) is 66.7 Å². The lowest BCUT2D eigenvalue weighted by atomic mass is 10.2. The first-order valence-corrected chi connectivity index (χ1v) is 9.89. The molecular formula is C25H22N4O2. The molecule has 6 heteroatoms. The summed E-state index contributed by atoms with van der Waals surface area (Å²) in [4.78, 5) is 30.3. The van der Waals surface area contributed by atoms with Crippen molar-refractivity contribution in [2.75, 3.05) is 5.32 Å². The van der Waals surface area contributed by atoms with Gasteiger partial charge in [0, 0.05) is 18.8 Å². The number of anilines is 1. The van der Waals surface area contributed by atoms with E-state index in [4.69, 9.17) is 0 Å². The van der Waals surface area contributed by atoms with Crippen molar-refractivity contribution in [2.45, 2.75) is 6.92 Å². The molecule has 1 aromatic heterocycles. The average Bonchev–Trinajstić information content (AvgIpc) is 3.02. The molecule has 1 amide bonds. The van der Waals surface area contributed by atoms with Crippen LogP contribution in [0.1, 0.15) is 21.6 Å². The maximum atomic E-state index is 13.0. The predicted octanol–water partition coefficient (Wildman–Crippen LogP) is 4.49. The first-order valence-electron chi connectivity index (χ1n) is 9.89. The topological polar surface area (TPSA) is 68.4 Å². The van der Waals surface area contributed by atoms with Gasteiger partial charge in [0.2, 0.25) is 0 Å². The third-order valence-electron chi connectivity index (χ3n) is 5.06. The minimum Gasteiger partial charge on any atom is -0.316 e. The van der Waals surface area contributed by atoms with Gasteiger partial charge in [0.1, 0.15) is 5.69 Å². The molecule has 31 heavy (non-hydrogen) atoms. The van der Waals surface area contributed by atoms with E-state index in [0.717, 1.165) is 11.3 Å². The number of amides is 1. The minimum atomic E-state index is -0.359. The number of carbonyl (C=O) groups excluding carboxylic acids is 1. The van der Waals surface area contributed by atoms with Crippen molar-refractivity contribution >= 4 is 23.5 Å². The number of benzene rings is 3. The second-order valence-corrected chi connectivity index (χ2v) is 7.11. The molecule has 0 aliphatic rings. The summed E-state index contributed by atoms with van der Waals surface area (Å²) < 4.78 is 3.26. The van der Waals surface area contributed by atoms with E-state index in [1.165, 1.54) is 4.68 Å². The zero-order chi connectivity index (χ0) is 21.8. The molecule has 4 rings (SSSR count). The summed E-state index contributed by atoms with van der Waals surface area (Å²) >= 11 is 0. The Balaban J connectivity index is 1.60. The lowest BCUT2D eigenvalue weighted by Crippen LogP contribution is -2.22. The van der Waals surface area contributed by atoms with E-state index in [1.54, 1.807) is 43.1 Å². The van der Waals surface area contributed by atoms with Crippen molar-refractivity contribution in [2.24, 2.45) is 12.0 Å². The van der Waals surface area contributed by atoms with Crippen LogP contribution in [-0.4, -0.2) is 21.5 Å². The Morgan fingerprint density at radius 2 is 1.61 bits per heavy atom. The Morgan fingerprint density at radius 3 is 2.32 bits per heavy atom. The first kappa shape index (κ1) is 20.1. The van der Waals surface area contributed by atoms with Crippen LogP contribution in [0.5, 0.6) is 0 Å². The predicted molar refractivity (Wildman–Crippen MR) is 124 cm³/mol. The molecule has 0 radical (unpaired) electrons. The van der Waals surface area contributed by atoms with Gasteiger partial charge >= 0.3 is 0 Å². The smallest absolute Gasteiger partial charge is 0.295 e. The van der Waals surface area contributed by atoms with E-state index >= 15 is 0 Å². The molecule has 0 saturated carbocycles. The van der Waals surface area contributed by atoms with Gasteiger partial charge in [-0.2, -0.15) is 0 Å². The van der Waals surface area contributed by atoms with Crippen LogP contribution in [0.2, 0.25) is 0 Å². The highest BCUT2D eigenvalue weighted by atomic mass is 16.2. The van der Waals surface area contributed by atoms with Crippen molar-refractivity contribution in [1.82, 2.24) is 9.36 Å². The van der Waals surface area contributed by atoms with Gasteiger partial charge in [0.05, 0.1) is 17.1 Å². The van der Waals surface area contributed by atoms with Crippen LogP contribution in [0.15, 0.2) is 94.7 Å². The van der Waals surface area contributed by atoms with Gasteiger partial charge in [-0.25, -0.2) is 4.68 Å². The van der Waals surface area contributed by atoms with E-state index in [9.17, 15) is 9.59 Å². The molecule has 1 heterocycles. The highest BCUT2D eigenvalue weighted by Crippen LogP contribution is 2.18. The Kier molecular flexibility index (Phi) is 5.62. The van der Waals surface area contributed by atoms with Gasteiger partial charge in [-0.05, 0) is 42.8 Å². The monoisotopic (exact) mass is 410 g/mol. The molecule has 0 saturated heterocycles. The molecule has 154 valence electrons. The average molecular weight is 410 g/mol. The summed E-state index contributed by atoms with van der Waals surface area (Å²) in [6.07, 6.45) is 1.75. The van der Waals surface area contributed by atoms with Crippen molar-refractivity contribution in [3.8, 4) is 5.69 Å². The number of aliphatic imine (C=N–C) groups is 1. The van der Waals surface area contributed by atoms with Gasteiger partial charge in [0.25, 0.3) is 11.5 Å². The number of aromatic nitrogens is 2. The van der Waals surface area contributed by atoms with Crippen molar-refractivity contribution in [1.29, 1.82) is 0 Å². The highest BCUT2D eigenvalue weighted by Gasteiger charge is 2.18. The Hall–Kier alpha value is -4.19. The number of hydrogen-bond donors (Lipinski definition) is 1. The summed E-state index contributed by atoms with van der Waals surface area (Å²) in [5.74, 6) is -0.359. The number of para-hydroxylation sites is 1. The summed E-state index contributed by atoms with van der Waals surface area (Å²) in [6, 6.07) is 26.0. The van der Waals surface area contributed by atoms with Crippen LogP contribution in [0.3, 0.4) is 0 Å². The molecule has 0 spiro atoms. The van der Waals surface area contributed by atoms with Gasteiger partial charge in [-0.15, -0.1) is 0 Å². The van der Waals surface area contributed by atoms with Crippen LogP contribution in [0, 0.1) is 6.92 Å². The fourth-order valence-corrected chi connectivity index (χ4v) is 3.31. The highest BCUT2D eigenvalue weighted by molar-refractivity contribution is 6.05. The molecule has 6 nitrogen and oxygen atoms in total. The summed E-state index contributed by atoms with van der Waals surface area (Å²) in [5.41, 5.74) is 3.43. The number of rotatable bonds is 5. The molecule has 0 aliphatic carbocycles. The quantitative estimate of drug-likeness (QED) is 0.493. The molecule has 1 N–H and O–H groups in total. The van der Waals surface area contributed by atoms with Crippen molar-refractivity contribution in [3.05, 3.63) is 112 Å². The van der Waals surface area contributed by atoms with Gasteiger partial charge in [-0.3, -0.25) is 19.3 Å². The Morgan fingerprint density at radius 1 is 0.935 bits per heavy atom. The van der Waals surface area contributed by atoms with Crippen LogP contribution < -0.4 is 10.9 Å². The van der Waals surface area contributed by atoms with Gasteiger partial charge in [-0.1, -0.05) is 54.6 Å². The van der Waals surface area contributed by atoms with E-state index in [2.05, 4.69) is 10.3 Å². The van der Waals surface area contributed by atoms with E-state index in [-0.39, 0.29) is 17.2 Å². The molecule has 0 unspecified atom stereocenters. The standard InChI is InChI=1S/C25H22N4O2/c1-18-23(25(31)29(28(18)2)22-14-7-4-8-15-22)27-24(30)20-12-9-13-21(16-20)26-17-19-10-5-3-6-11-19/h3-17H,1-2H3,(H,27,30). The fourth-order valence-electron chi connectivity index (χ4n) is 3.31. The molecule has 0 atom stereocenters. The zero-order valence-corrected chi connectivity index (χ0v) is 17.3. The Bertz CT molecular complexity index is 1300. The molecule has 0 aliphatic heterocycles. The SMILES string of the molecule is Cc1c(NC(=O)c2cccc(N=Cc3ccccc3)c2)c(=O)n(-c2ccccc2)n1C. The first-order chi connectivity index (χ1) is 15.0. The second kappa shape index (κ2) is 8.67. The van der Waals surface area contributed by atoms with Crippen LogP contribution in [0.25, 0.3) is 5.69 Å². The van der Waals surface area contributed by atoms with Crippen LogP contribution in [-0.2, 0) is 7.05 Å². The van der Waals surface area contributed by atoms with Crippen molar-refractivity contribution in [3.63, 3.8) is 0 Å². The van der Waals surface area contributed by atoms with E-state index in [0.29, 0.717) is 16.9 Å². The molecule has 0 bridgehead atoms. The molecule has 3 aromatic carbocycles. The maximum Gasteiger partial charge on any atom is 0.295 e. The zero-order valence-electron chi connectivity index (χ0n) is 17.3. The maximum absolute atomic E-state index is 13.0. The summed E-state index contributed by atoms with van der Waals surface area (Å²) in [6.45, 7) is 1.80. The number of carbonyl (C=O) groups is 1. The lowest BCUT2D eigenvalue weighted by molar-refractivity contribution is 0.102. The lowest BCUT2D eigenvalue weighted by Gasteiger charge is -2.07. The minimum absolute atomic E-state index is 0.259. The largest absolute Gasteiger partial charge is 0.316 e. The molecule has 0 fully saturated rings. The van der Waals surface area contributed by atoms with E-state index < -0.39 is 0 Å².